The van der Waals surface area contributed by atoms with Gasteiger partial charge in [0.1, 0.15) is 12.4 Å². The van der Waals surface area contributed by atoms with Crippen LogP contribution in [0.25, 0.3) is 0 Å². The fourth-order valence-corrected chi connectivity index (χ4v) is 2.49. The van der Waals surface area contributed by atoms with Crippen molar-refractivity contribution in [3.05, 3.63) is 65.2 Å². The molecule has 0 spiro atoms. The van der Waals surface area contributed by atoms with E-state index in [1.54, 1.807) is 0 Å². The molecular weight excluding hydrogens is 284 g/mol. The summed E-state index contributed by atoms with van der Waals surface area (Å²) < 4.78 is 5.89. The first-order chi connectivity index (χ1) is 11.2. The summed E-state index contributed by atoms with van der Waals surface area (Å²) >= 11 is 0. The number of benzene rings is 2. The van der Waals surface area contributed by atoms with Gasteiger partial charge in [0.05, 0.1) is 0 Å². The van der Waals surface area contributed by atoms with E-state index in [4.69, 9.17) is 10.5 Å². The van der Waals surface area contributed by atoms with Crippen molar-refractivity contribution in [2.24, 2.45) is 5.73 Å². The van der Waals surface area contributed by atoms with Crippen molar-refractivity contribution in [2.75, 3.05) is 13.1 Å². The van der Waals surface area contributed by atoms with Gasteiger partial charge in [0.2, 0.25) is 0 Å². The summed E-state index contributed by atoms with van der Waals surface area (Å²) in [5.74, 6) is 0.910. The second-order valence-corrected chi connectivity index (χ2v) is 5.96. The average Bonchev–Trinajstić information content (AvgIpc) is 2.58. The molecule has 2 aromatic carbocycles. The Labute approximate surface area is 139 Å². The highest BCUT2D eigenvalue weighted by Crippen LogP contribution is 2.19. The van der Waals surface area contributed by atoms with Gasteiger partial charge in [-0.1, -0.05) is 36.4 Å². The smallest absolute Gasteiger partial charge is 0.119 e. The van der Waals surface area contributed by atoms with Crippen LogP contribution >= 0.6 is 0 Å². The second kappa shape index (κ2) is 9.33. The Bertz CT molecular complexity index is 580. The first kappa shape index (κ1) is 17.5. The molecule has 0 bridgehead atoms. The van der Waals surface area contributed by atoms with Crippen LogP contribution < -0.4 is 15.8 Å². The summed E-state index contributed by atoms with van der Waals surface area (Å²) in [5, 5.41) is 3.52. The summed E-state index contributed by atoms with van der Waals surface area (Å²) in [6, 6.07) is 17.0. The van der Waals surface area contributed by atoms with Crippen LogP contribution in [-0.2, 0) is 6.61 Å². The molecule has 3 N–H and O–H groups in total. The number of hydrogen-bond acceptors (Lipinski definition) is 3. The second-order valence-electron chi connectivity index (χ2n) is 5.96. The zero-order chi connectivity index (χ0) is 16.5. The molecule has 0 saturated carbocycles. The number of hydrogen-bond donors (Lipinski definition) is 2. The largest absolute Gasteiger partial charge is 0.489 e. The maximum atomic E-state index is 5.89. The van der Waals surface area contributed by atoms with Gasteiger partial charge < -0.3 is 15.8 Å². The van der Waals surface area contributed by atoms with Gasteiger partial charge in [0.15, 0.2) is 0 Å². The lowest BCUT2D eigenvalue weighted by Crippen LogP contribution is -2.20. The topological polar surface area (TPSA) is 47.3 Å². The molecule has 3 nitrogen and oxygen atoms in total. The quantitative estimate of drug-likeness (QED) is 0.689. The van der Waals surface area contributed by atoms with Gasteiger partial charge in [-0.15, -0.1) is 0 Å². The van der Waals surface area contributed by atoms with E-state index in [1.807, 2.05) is 18.2 Å². The predicted octanol–water partition coefficient (Wildman–Crippen LogP) is 3.96. The van der Waals surface area contributed by atoms with Gasteiger partial charge in [-0.25, -0.2) is 0 Å². The molecule has 2 aromatic rings. The standard InChI is InChI=1S/C20H28N2O/c1-16-7-3-4-8-19(16)15-23-20-11-9-18(10-12-20)17(2)22-14-6-5-13-21/h3-4,7-12,17,22H,5-6,13-15,21H2,1-2H3. The van der Waals surface area contributed by atoms with E-state index in [-0.39, 0.29) is 0 Å². The lowest BCUT2D eigenvalue weighted by molar-refractivity contribution is 0.305. The van der Waals surface area contributed by atoms with Crippen LogP contribution in [0.5, 0.6) is 5.75 Å². The van der Waals surface area contributed by atoms with E-state index in [1.165, 1.54) is 16.7 Å². The van der Waals surface area contributed by atoms with Crippen LogP contribution in [0.3, 0.4) is 0 Å². The number of rotatable bonds is 9. The zero-order valence-corrected chi connectivity index (χ0v) is 14.2. The Balaban J connectivity index is 1.83. The fourth-order valence-electron chi connectivity index (χ4n) is 2.49. The number of unbranched alkanes of at least 4 members (excludes halogenated alkanes) is 1. The van der Waals surface area contributed by atoms with Crippen molar-refractivity contribution >= 4 is 0 Å². The molecule has 1 atom stereocenters. The minimum Gasteiger partial charge on any atom is -0.489 e. The minimum atomic E-state index is 0.346. The Kier molecular flexibility index (Phi) is 7.11. The molecule has 124 valence electrons. The summed E-state index contributed by atoms with van der Waals surface area (Å²) in [7, 11) is 0. The molecule has 23 heavy (non-hydrogen) atoms. The summed E-state index contributed by atoms with van der Waals surface area (Å²) in [5.41, 5.74) is 9.28. The molecule has 0 saturated heterocycles. The molecule has 0 aliphatic rings. The molecule has 0 fully saturated rings. The molecule has 0 amide bonds. The summed E-state index contributed by atoms with van der Waals surface area (Å²) in [6.07, 6.45) is 2.20. The third kappa shape index (κ3) is 5.70. The van der Waals surface area contributed by atoms with E-state index in [9.17, 15) is 0 Å². The van der Waals surface area contributed by atoms with E-state index in [0.717, 1.165) is 31.7 Å². The number of ether oxygens (including phenoxy) is 1. The van der Waals surface area contributed by atoms with E-state index >= 15 is 0 Å². The predicted molar refractivity (Wildman–Crippen MR) is 96.7 cm³/mol. The molecule has 3 heteroatoms. The molecular formula is C20H28N2O. The molecule has 1 unspecified atom stereocenters. The zero-order valence-electron chi connectivity index (χ0n) is 14.2. The van der Waals surface area contributed by atoms with E-state index < -0.39 is 0 Å². The van der Waals surface area contributed by atoms with Crippen molar-refractivity contribution in [1.82, 2.24) is 5.32 Å². The van der Waals surface area contributed by atoms with Crippen molar-refractivity contribution < 1.29 is 4.74 Å². The van der Waals surface area contributed by atoms with Crippen molar-refractivity contribution in [3.8, 4) is 5.75 Å². The molecule has 0 radical (unpaired) electrons. The van der Waals surface area contributed by atoms with Gasteiger partial charge in [0, 0.05) is 6.04 Å². The van der Waals surface area contributed by atoms with Crippen LogP contribution in [0.2, 0.25) is 0 Å². The summed E-state index contributed by atoms with van der Waals surface area (Å²) in [4.78, 5) is 0. The van der Waals surface area contributed by atoms with Crippen LogP contribution in [0.4, 0.5) is 0 Å². The van der Waals surface area contributed by atoms with Crippen LogP contribution in [0, 0.1) is 6.92 Å². The molecule has 0 heterocycles. The van der Waals surface area contributed by atoms with Gasteiger partial charge in [-0.2, -0.15) is 0 Å². The first-order valence-electron chi connectivity index (χ1n) is 8.41. The Hall–Kier alpha value is -1.84. The highest BCUT2D eigenvalue weighted by Gasteiger charge is 2.05. The molecule has 0 aromatic heterocycles. The van der Waals surface area contributed by atoms with Crippen LogP contribution in [-0.4, -0.2) is 13.1 Å². The number of nitrogens with two attached hydrogens (primary N) is 1. The lowest BCUT2D eigenvalue weighted by atomic mass is 10.1. The van der Waals surface area contributed by atoms with Gasteiger partial charge in [0.25, 0.3) is 0 Å². The fraction of sp³-hybridized carbons (Fsp3) is 0.400. The SMILES string of the molecule is Cc1ccccc1COc1ccc(C(C)NCCCCN)cc1. The number of aryl methyl sites for hydroxylation is 1. The third-order valence-corrected chi connectivity index (χ3v) is 4.12. The lowest BCUT2D eigenvalue weighted by Gasteiger charge is -2.15. The molecule has 2 rings (SSSR count). The summed E-state index contributed by atoms with van der Waals surface area (Å²) in [6.45, 7) is 6.68. The molecule has 0 aliphatic heterocycles. The average molecular weight is 312 g/mol. The third-order valence-electron chi connectivity index (χ3n) is 4.12. The monoisotopic (exact) mass is 312 g/mol. The Morgan fingerprint density at radius 2 is 1.78 bits per heavy atom. The maximum Gasteiger partial charge on any atom is 0.119 e. The van der Waals surface area contributed by atoms with Gasteiger partial charge in [-0.05, 0) is 68.6 Å². The Morgan fingerprint density at radius 1 is 1.04 bits per heavy atom. The van der Waals surface area contributed by atoms with Gasteiger partial charge in [-0.3, -0.25) is 0 Å². The van der Waals surface area contributed by atoms with E-state index in [0.29, 0.717) is 12.6 Å². The molecule has 0 aliphatic carbocycles. The normalized spacial score (nSPS) is 12.1. The maximum absolute atomic E-state index is 5.89. The number of nitrogens with one attached hydrogen (secondary N) is 1. The highest BCUT2D eigenvalue weighted by atomic mass is 16.5. The minimum absolute atomic E-state index is 0.346. The van der Waals surface area contributed by atoms with Crippen LogP contribution in [0.1, 0.15) is 42.5 Å². The van der Waals surface area contributed by atoms with Crippen molar-refractivity contribution in [2.45, 2.75) is 39.3 Å². The van der Waals surface area contributed by atoms with E-state index in [2.05, 4.69) is 49.5 Å². The highest BCUT2D eigenvalue weighted by molar-refractivity contribution is 5.30. The van der Waals surface area contributed by atoms with Gasteiger partial charge >= 0.3 is 0 Å². The first-order valence-corrected chi connectivity index (χ1v) is 8.41. The van der Waals surface area contributed by atoms with Crippen molar-refractivity contribution in [1.29, 1.82) is 0 Å². The Morgan fingerprint density at radius 3 is 2.48 bits per heavy atom. The van der Waals surface area contributed by atoms with Crippen LogP contribution in [0.15, 0.2) is 48.5 Å². The van der Waals surface area contributed by atoms with Crippen molar-refractivity contribution in [3.63, 3.8) is 0 Å².